The molecule has 0 aliphatic carbocycles. The molecule has 178 valence electrons. The maximum Gasteiger partial charge on any atom is 0.255 e. The van der Waals surface area contributed by atoms with Crippen LogP contribution in [-0.4, -0.2) is 53.0 Å². The molecule has 2 aromatic carbocycles. The van der Waals surface area contributed by atoms with Crippen molar-refractivity contribution in [1.29, 1.82) is 0 Å². The molecule has 2 atom stereocenters. The molecule has 2 aromatic rings. The summed E-state index contributed by atoms with van der Waals surface area (Å²) in [7, 11) is -7.23. The van der Waals surface area contributed by atoms with Crippen LogP contribution in [0.15, 0.2) is 41.3 Å². The standard InChI is InChI=1S/C22H26N2O7S2/c1-3-30-21-11-16-9-14(2)31-20(16)12-19(21)23-22(25)15-5-4-6-18(10-15)33(28,29)24-17-7-8-32(26,27)13-17/h4-6,10-12,14,17,24H,3,7-9,13H2,1-2H3,(H,23,25). The molecule has 1 fully saturated rings. The first-order valence-electron chi connectivity index (χ1n) is 10.7. The van der Waals surface area contributed by atoms with Gasteiger partial charge < -0.3 is 14.8 Å². The second kappa shape index (κ2) is 8.96. The zero-order valence-electron chi connectivity index (χ0n) is 18.3. The van der Waals surface area contributed by atoms with Gasteiger partial charge in [0.15, 0.2) is 9.84 Å². The van der Waals surface area contributed by atoms with Crippen LogP contribution in [0.3, 0.4) is 0 Å². The van der Waals surface area contributed by atoms with Crippen molar-refractivity contribution in [2.24, 2.45) is 0 Å². The summed E-state index contributed by atoms with van der Waals surface area (Å²) >= 11 is 0. The Morgan fingerprint density at radius 2 is 2.03 bits per heavy atom. The minimum Gasteiger partial charge on any atom is -0.492 e. The van der Waals surface area contributed by atoms with E-state index >= 15 is 0 Å². The first-order valence-corrected chi connectivity index (χ1v) is 14.0. The number of rotatable bonds is 7. The second-order valence-electron chi connectivity index (χ2n) is 8.22. The van der Waals surface area contributed by atoms with Crippen LogP contribution in [0.4, 0.5) is 5.69 Å². The topological polar surface area (TPSA) is 128 Å². The third-order valence-electron chi connectivity index (χ3n) is 5.51. The Bertz CT molecular complexity index is 1290. The highest BCUT2D eigenvalue weighted by atomic mass is 32.2. The first-order chi connectivity index (χ1) is 15.6. The summed E-state index contributed by atoms with van der Waals surface area (Å²) in [6, 6.07) is 8.46. The number of fused-ring (bicyclic) bond motifs is 1. The Balaban J connectivity index is 1.54. The number of hydrogen-bond donors (Lipinski definition) is 2. The number of anilines is 1. The lowest BCUT2D eigenvalue weighted by atomic mass is 10.1. The van der Waals surface area contributed by atoms with E-state index in [9.17, 15) is 21.6 Å². The van der Waals surface area contributed by atoms with E-state index in [0.29, 0.717) is 23.8 Å². The van der Waals surface area contributed by atoms with Gasteiger partial charge in [-0.05, 0) is 44.5 Å². The van der Waals surface area contributed by atoms with Crippen molar-refractivity contribution < 1.29 is 31.1 Å². The molecule has 33 heavy (non-hydrogen) atoms. The van der Waals surface area contributed by atoms with Crippen LogP contribution in [0.1, 0.15) is 36.2 Å². The first kappa shape index (κ1) is 23.5. The maximum absolute atomic E-state index is 12.9. The van der Waals surface area contributed by atoms with Gasteiger partial charge in [0.05, 0.1) is 28.7 Å². The molecule has 9 nitrogen and oxygen atoms in total. The highest BCUT2D eigenvalue weighted by molar-refractivity contribution is 7.92. The van der Waals surface area contributed by atoms with Crippen LogP contribution < -0.4 is 19.5 Å². The van der Waals surface area contributed by atoms with E-state index in [1.165, 1.54) is 24.3 Å². The normalized spacial score (nSPS) is 21.3. The molecule has 0 spiro atoms. The molecule has 4 rings (SSSR count). The molecule has 1 amide bonds. The number of benzene rings is 2. The number of carbonyl (C=O) groups excluding carboxylic acids is 1. The van der Waals surface area contributed by atoms with Crippen molar-refractivity contribution in [2.75, 3.05) is 23.4 Å². The lowest BCUT2D eigenvalue weighted by Gasteiger charge is -2.15. The van der Waals surface area contributed by atoms with Gasteiger partial charge in [-0.1, -0.05) is 6.07 Å². The van der Waals surface area contributed by atoms with Gasteiger partial charge in [0.2, 0.25) is 10.0 Å². The Hall–Kier alpha value is -2.63. The van der Waals surface area contributed by atoms with Crippen LogP contribution in [0, 0.1) is 0 Å². The van der Waals surface area contributed by atoms with Gasteiger partial charge >= 0.3 is 0 Å². The number of sulfone groups is 1. The van der Waals surface area contributed by atoms with Crippen molar-refractivity contribution in [1.82, 2.24) is 4.72 Å². The van der Waals surface area contributed by atoms with E-state index in [4.69, 9.17) is 9.47 Å². The number of carbonyl (C=O) groups is 1. The van der Waals surface area contributed by atoms with Crippen molar-refractivity contribution in [3.05, 3.63) is 47.5 Å². The van der Waals surface area contributed by atoms with Gasteiger partial charge in [-0.2, -0.15) is 0 Å². The molecule has 0 saturated carbocycles. The predicted octanol–water partition coefficient (Wildman–Crippen LogP) is 2.13. The molecule has 11 heteroatoms. The van der Waals surface area contributed by atoms with E-state index in [0.717, 1.165) is 12.0 Å². The van der Waals surface area contributed by atoms with Crippen molar-refractivity contribution in [3.8, 4) is 11.5 Å². The second-order valence-corrected chi connectivity index (χ2v) is 12.2. The summed E-state index contributed by atoms with van der Waals surface area (Å²) in [6.07, 6.45) is 1.00. The van der Waals surface area contributed by atoms with E-state index in [1.807, 2.05) is 19.9 Å². The Kier molecular flexibility index (Phi) is 6.39. The zero-order chi connectivity index (χ0) is 23.8. The van der Waals surface area contributed by atoms with Crippen LogP contribution >= 0.6 is 0 Å². The molecule has 2 aliphatic rings. The summed E-state index contributed by atoms with van der Waals surface area (Å²) in [5, 5.41) is 2.78. The highest BCUT2D eigenvalue weighted by Gasteiger charge is 2.31. The number of hydrogen-bond acceptors (Lipinski definition) is 7. The number of amides is 1. The fourth-order valence-corrected chi connectivity index (χ4v) is 7.08. The lowest BCUT2D eigenvalue weighted by Crippen LogP contribution is -2.35. The molecule has 2 heterocycles. The number of ether oxygens (including phenoxy) is 2. The molecular weight excluding hydrogens is 468 g/mol. The monoisotopic (exact) mass is 494 g/mol. The summed E-state index contributed by atoms with van der Waals surface area (Å²) in [4.78, 5) is 12.8. The quantitative estimate of drug-likeness (QED) is 0.603. The minimum atomic E-state index is -3.99. The molecule has 0 bridgehead atoms. The highest BCUT2D eigenvalue weighted by Crippen LogP contribution is 2.38. The average molecular weight is 495 g/mol. The smallest absolute Gasteiger partial charge is 0.255 e. The molecule has 1 saturated heterocycles. The summed E-state index contributed by atoms with van der Waals surface area (Å²) in [5.74, 6) is 0.394. The zero-order valence-corrected chi connectivity index (χ0v) is 20.0. The van der Waals surface area contributed by atoms with E-state index < -0.39 is 31.8 Å². The lowest BCUT2D eigenvalue weighted by molar-refractivity contribution is 0.102. The van der Waals surface area contributed by atoms with Crippen molar-refractivity contribution in [3.63, 3.8) is 0 Å². The van der Waals surface area contributed by atoms with Gasteiger partial charge in [0.1, 0.15) is 17.6 Å². The van der Waals surface area contributed by atoms with E-state index in [-0.39, 0.29) is 34.5 Å². The number of sulfonamides is 1. The van der Waals surface area contributed by atoms with Gasteiger partial charge in [0.25, 0.3) is 5.91 Å². The van der Waals surface area contributed by atoms with Gasteiger partial charge in [-0.3, -0.25) is 4.79 Å². The molecule has 2 N–H and O–H groups in total. The van der Waals surface area contributed by atoms with Crippen LogP contribution in [0.25, 0.3) is 0 Å². The SMILES string of the molecule is CCOc1cc2c(cc1NC(=O)c1cccc(S(=O)(=O)NC3CCS(=O)(=O)C3)c1)OC(C)C2. The molecule has 0 aromatic heterocycles. The van der Waals surface area contributed by atoms with Crippen LogP contribution in [0.2, 0.25) is 0 Å². The van der Waals surface area contributed by atoms with Gasteiger partial charge in [-0.15, -0.1) is 0 Å². The Morgan fingerprint density at radius 3 is 2.73 bits per heavy atom. The maximum atomic E-state index is 12.9. The van der Waals surface area contributed by atoms with Gasteiger partial charge in [-0.25, -0.2) is 21.6 Å². The van der Waals surface area contributed by atoms with Crippen LogP contribution in [0.5, 0.6) is 11.5 Å². The molecule has 2 unspecified atom stereocenters. The van der Waals surface area contributed by atoms with Crippen molar-refractivity contribution in [2.45, 2.75) is 43.7 Å². The fourth-order valence-electron chi connectivity index (χ4n) is 3.99. The fraction of sp³-hybridized carbons (Fsp3) is 0.409. The van der Waals surface area contributed by atoms with Crippen molar-refractivity contribution >= 4 is 31.5 Å². The van der Waals surface area contributed by atoms with E-state index in [2.05, 4.69) is 10.0 Å². The third kappa shape index (κ3) is 5.31. The summed E-state index contributed by atoms with van der Waals surface area (Å²) < 4.78 is 62.7. The molecule has 2 aliphatic heterocycles. The predicted molar refractivity (Wildman–Crippen MR) is 123 cm³/mol. The molecular formula is C22H26N2O7S2. The largest absolute Gasteiger partial charge is 0.492 e. The van der Waals surface area contributed by atoms with E-state index in [1.54, 1.807) is 6.07 Å². The molecule has 0 radical (unpaired) electrons. The third-order valence-corrected chi connectivity index (χ3v) is 8.79. The Labute approximate surface area is 193 Å². The average Bonchev–Trinajstić information content (AvgIpc) is 3.27. The summed E-state index contributed by atoms with van der Waals surface area (Å²) in [5.41, 5.74) is 1.56. The minimum absolute atomic E-state index is 0.0321. The van der Waals surface area contributed by atoms with Crippen LogP contribution in [-0.2, 0) is 26.3 Å². The Morgan fingerprint density at radius 1 is 1.24 bits per heavy atom. The van der Waals surface area contributed by atoms with Gasteiger partial charge in [0, 0.05) is 29.7 Å². The summed E-state index contributed by atoms with van der Waals surface area (Å²) in [6.45, 7) is 4.21. The number of nitrogens with one attached hydrogen (secondary N) is 2.